The number of anilines is 3. The van der Waals surface area contributed by atoms with E-state index in [1.165, 1.54) is 42.8 Å². The van der Waals surface area contributed by atoms with Crippen molar-refractivity contribution >= 4 is 48.6 Å². The molecule has 0 radical (unpaired) electrons. The van der Waals surface area contributed by atoms with E-state index in [0.717, 1.165) is 0 Å². The van der Waals surface area contributed by atoms with Gasteiger partial charge in [0.2, 0.25) is 0 Å². The average molecular weight is 366 g/mol. The van der Waals surface area contributed by atoms with Crippen LogP contribution in [0.1, 0.15) is 5.56 Å². The highest BCUT2D eigenvalue weighted by atomic mass is 32.1. The first-order valence-electron chi connectivity index (χ1n) is 9.13. The van der Waals surface area contributed by atoms with Gasteiger partial charge < -0.3 is 4.90 Å². The van der Waals surface area contributed by atoms with Crippen molar-refractivity contribution in [2.24, 2.45) is 0 Å². The first-order chi connectivity index (χ1) is 13.3. The molecule has 0 aliphatic heterocycles. The number of nitrogens with zero attached hydrogens (tertiary/aromatic N) is 1. The third kappa shape index (κ3) is 2.79. The summed E-state index contributed by atoms with van der Waals surface area (Å²) in [6, 6.07) is 34.6. The average Bonchev–Trinajstić information content (AvgIpc) is 3.09. The van der Waals surface area contributed by atoms with Crippen molar-refractivity contribution in [3.8, 4) is 0 Å². The van der Waals surface area contributed by atoms with Crippen molar-refractivity contribution in [3.63, 3.8) is 0 Å². The number of benzene rings is 4. The fourth-order valence-electron chi connectivity index (χ4n) is 3.68. The van der Waals surface area contributed by atoms with Crippen LogP contribution >= 0.6 is 11.3 Å². The molecule has 0 aliphatic carbocycles. The smallest absolute Gasteiger partial charge is 0.0640 e. The van der Waals surface area contributed by atoms with Crippen LogP contribution in [0, 0.1) is 6.92 Å². The van der Waals surface area contributed by atoms with Gasteiger partial charge in [0.15, 0.2) is 0 Å². The van der Waals surface area contributed by atoms with Crippen molar-refractivity contribution in [1.82, 2.24) is 0 Å². The lowest BCUT2D eigenvalue weighted by molar-refractivity contribution is 1.29. The Hall–Kier alpha value is -3.10. The van der Waals surface area contributed by atoms with Crippen LogP contribution in [0.4, 0.5) is 17.1 Å². The SMILES string of the molecule is Cc1cccc(N(c2ccccc2)c2cccc3c2sc2ccccc23)c1. The van der Waals surface area contributed by atoms with Gasteiger partial charge in [-0.15, -0.1) is 11.3 Å². The van der Waals surface area contributed by atoms with Crippen LogP contribution in [0.3, 0.4) is 0 Å². The number of thiophene rings is 1. The Morgan fingerprint density at radius 1 is 0.630 bits per heavy atom. The molecule has 0 N–H and O–H groups in total. The lowest BCUT2D eigenvalue weighted by Gasteiger charge is -2.26. The first-order valence-corrected chi connectivity index (χ1v) is 9.95. The summed E-state index contributed by atoms with van der Waals surface area (Å²) >= 11 is 1.87. The van der Waals surface area contributed by atoms with Crippen LogP contribution < -0.4 is 4.90 Å². The minimum Gasteiger partial charge on any atom is -0.309 e. The molecule has 130 valence electrons. The zero-order valence-corrected chi connectivity index (χ0v) is 15.9. The zero-order valence-electron chi connectivity index (χ0n) is 15.1. The molecule has 1 aromatic heterocycles. The van der Waals surface area contributed by atoms with Gasteiger partial charge in [0.1, 0.15) is 0 Å². The third-order valence-electron chi connectivity index (χ3n) is 4.90. The van der Waals surface area contributed by atoms with E-state index in [2.05, 4.69) is 109 Å². The molecule has 2 heteroatoms. The highest BCUT2D eigenvalue weighted by molar-refractivity contribution is 7.26. The summed E-state index contributed by atoms with van der Waals surface area (Å²) in [5, 5.41) is 2.65. The highest BCUT2D eigenvalue weighted by Gasteiger charge is 2.17. The third-order valence-corrected chi connectivity index (χ3v) is 6.11. The molecule has 0 saturated carbocycles. The first kappa shape index (κ1) is 16.1. The van der Waals surface area contributed by atoms with Gasteiger partial charge in [0.25, 0.3) is 0 Å². The molecule has 0 aliphatic rings. The van der Waals surface area contributed by atoms with Crippen molar-refractivity contribution in [2.75, 3.05) is 4.90 Å². The summed E-state index contributed by atoms with van der Waals surface area (Å²) in [6.45, 7) is 2.15. The summed E-state index contributed by atoms with van der Waals surface area (Å²) in [7, 11) is 0. The molecule has 1 heterocycles. The largest absolute Gasteiger partial charge is 0.309 e. The summed E-state index contributed by atoms with van der Waals surface area (Å²) in [6.07, 6.45) is 0. The monoisotopic (exact) mass is 365 g/mol. The lowest BCUT2D eigenvalue weighted by atomic mass is 10.1. The second-order valence-electron chi connectivity index (χ2n) is 6.76. The van der Waals surface area contributed by atoms with Gasteiger partial charge >= 0.3 is 0 Å². The van der Waals surface area contributed by atoms with Gasteiger partial charge in [0.05, 0.1) is 10.4 Å². The minimum atomic E-state index is 1.17. The van der Waals surface area contributed by atoms with Gasteiger partial charge in [0, 0.05) is 26.8 Å². The van der Waals surface area contributed by atoms with Crippen LogP contribution in [0.15, 0.2) is 97.1 Å². The number of rotatable bonds is 3. The maximum Gasteiger partial charge on any atom is 0.0640 e. The van der Waals surface area contributed by atoms with Crippen LogP contribution in [-0.2, 0) is 0 Å². The van der Waals surface area contributed by atoms with E-state index in [4.69, 9.17) is 0 Å². The lowest BCUT2D eigenvalue weighted by Crippen LogP contribution is -2.10. The van der Waals surface area contributed by atoms with E-state index in [9.17, 15) is 0 Å². The Morgan fingerprint density at radius 3 is 2.19 bits per heavy atom. The molecular weight excluding hydrogens is 346 g/mol. The van der Waals surface area contributed by atoms with E-state index in [0.29, 0.717) is 0 Å². The summed E-state index contributed by atoms with van der Waals surface area (Å²) in [5.41, 5.74) is 4.85. The van der Waals surface area contributed by atoms with Gasteiger partial charge in [-0.3, -0.25) is 0 Å². The van der Waals surface area contributed by atoms with Gasteiger partial charge in [-0.2, -0.15) is 0 Å². The number of hydrogen-bond acceptors (Lipinski definition) is 2. The van der Waals surface area contributed by atoms with Crippen molar-refractivity contribution < 1.29 is 0 Å². The molecule has 0 bridgehead atoms. The molecule has 5 rings (SSSR count). The van der Waals surface area contributed by atoms with Gasteiger partial charge in [-0.1, -0.05) is 60.7 Å². The van der Waals surface area contributed by atoms with Crippen molar-refractivity contribution in [3.05, 3.63) is 103 Å². The van der Waals surface area contributed by atoms with Crippen molar-refractivity contribution in [1.29, 1.82) is 0 Å². The predicted molar refractivity (Wildman–Crippen MR) is 119 cm³/mol. The van der Waals surface area contributed by atoms with Crippen LogP contribution in [-0.4, -0.2) is 0 Å². The molecular formula is C25H19NS. The van der Waals surface area contributed by atoms with E-state index in [1.54, 1.807) is 0 Å². The van der Waals surface area contributed by atoms with E-state index >= 15 is 0 Å². The zero-order chi connectivity index (χ0) is 18.2. The number of para-hydroxylation sites is 1. The van der Waals surface area contributed by atoms with Crippen LogP contribution in [0.5, 0.6) is 0 Å². The van der Waals surface area contributed by atoms with Crippen LogP contribution in [0.2, 0.25) is 0 Å². The molecule has 0 amide bonds. The summed E-state index contributed by atoms with van der Waals surface area (Å²) < 4.78 is 2.65. The molecule has 4 aromatic carbocycles. The maximum atomic E-state index is 2.37. The molecule has 0 spiro atoms. The molecule has 0 fully saturated rings. The Bertz CT molecular complexity index is 1240. The number of hydrogen-bond donors (Lipinski definition) is 0. The summed E-state index contributed by atoms with van der Waals surface area (Å²) in [4.78, 5) is 2.37. The highest BCUT2D eigenvalue weighted by Crippen LogP contribution is 2.44. The van der Waals surface area contributed by atoms with E-state index in [1.807, 2.05) is 11.3 Å². The minimum absolute atomic E-state index is 1.17. The van der Waals surface area contributed by atoms with Crippen molar-refractivity contribution in [2.45, 2.75) is 6.92 Å². The Morgan fingerprint density at radius 2 is 1.33 bits per heavy atom. The molecule has 0 atom stereocenters. The predicted octanol–water partition coefficient (Wildman–Crippen LogP) is 7.83. The quantitative estimate of drug-likeness (QED) is 0.315. The molecule has 5 aromatic rings. The Labute approximate surface area is 163 Å². The van der Waals surface area contributed by atoms with Crippen LogP contribution in [0.25, 0.3) is 20.2 Å². The van der Waals surface area contributed by atoms with Gasteiger partial charge in [-0.05, 0) is 48.9 Å². The molecule has 0 saturated heterocycles. The topological polar surface area (TPSA) is 3.24 Å². The normalized spacial score (nSPS) is 11.1. The molecule has 27 heavy (non-hydrogen) atoms. The van der Waals surface area contributed by atoms with E-state index < -0.39 is 0 Å². The second-order valence-corrected chi connectivity index (χ2v) is 7.81. The second kappa shape index (κ2) is 6.57. The maximum absolute atomic E-state index is 2.37. The fourth-order valence-corrected chi connectivity index (χ4v) is 4.89. The summed E-state index contributed by atoms with van der Waals surface area (Å²) in [5.74, 6) is 0. The Kier molecular flexibility index (Phi) is 3.92. The van der Waals surface area contributed by atoms with E-state index in [-0.39, 0.29) is 0 Å². The molecule has 1 nitrogen and oxygen atoms in total. The molecule has 0 unspecified atom stereocenters. The number of fused-ring (bicyclic) bond motifs is 3. The Balaban J connectivity index is 1.82. The standard InChI is InChI=1S/C25H19NS/c1-18-9-7-12-20(17-18)26(19-10-3-2-4-11-19)23-15-8-14-22-21-13-5-6-16-24(21)27-25(22)23/h2-17H,1H3. The van der Waals surface area contributed by atoms with Gasteiger partial charge in [-0.25, -0.2) is 0 Å². The fraction of sp³-hybridized carbons (Fsp3) is 0.0400. The number of aryl methyl sites for hydroxylation is 1.